The van der Waals surface area contributed by atoms with Crippen molar-refractivity contribution >= 4 is 11.9 Å². The van der Waals surface area contributed by atoms with Crippen LogP contribution in [0.1, 0.15) is 52.4 Å². The van der Waals surface area contributed by atoms with E-state index in [9.17, 15) is 14.7 Å². The number of carboxylic acids is 1. The number of carbonyl (C=O) groups excluding carboxylic acids is 1. The molecule has 3 fully saturated rings. The Morgan fingerprint density at radius 3 is 2.45 bits per heavy atom. The number of rotatable bonds is 3. The monoisotopic (exact) mass is 279 g/mol. The van der Waals surface area contributed by atoms with Gasteiger partial charge in [-0.05, 0) is 49.4 Å². The number of carbonyl (C=O) groups is 2. The van der Waals surface area contributed by atoms with E-state index >= 15 is 0 Å². The fourth-order valence-electron chi connectivity index (χ4n) is 4.93. The van der Waals surface area contributed by atoms with Crippen LogP contribution in [0.5, 0.6) is 0 Å². The molecule has 5 atom stereocenters. The van der Waals surface area contributed by atoms with Gasteiger partial charge in [0.05, 0.1) is 5.92 Å². The highest BCUT2D eigenvalue weighted by Gasteiger charge is 2.52. The van der Waals surface area contributed by atoms with Crippen molar-refractivity contribution in [1.82, 2.24) is 5.32 Å². The Morgan fingerprint density at radius 2 is 1.85 bits per heavy atom. The maximum Gasteiger partial charge on any atom is 0.308 e. The molecular weight excluding hydrogens is 254 g/mol. The van der Waals surface area contributed by atoms with Gasteiger partial charge in [-0.1, -0.05) is 20.3 Å². The fraction of sp³-hybridized carbons (Fsp3) is 0.875. The minimum atomic E-state index is -0.729. The van der Waals surface area contributed by atoms with Crippen molar-refractivity contribution < 1.29 is 14.7 Å². The number of carboxylic acid groups (broad SMARTS) is 1. The molecular formula is C16H25NO3. The summed E-state index contributed by atoms with van der Waals surface area (Å²) in [6.07, 6.45) is 6.21. The Balaban J connectivity index is 1.71. The molecule has 2 bridgehead atoms. The lowest BCUT2D eigenvalue weighted by molar-refractivity contribution is -0.145. The van der Waals surface area contributed by atoms with Gasteiger partial charge in [0.25, 0.3) is 0 Å². The van der Waals surface area contributed by atoms with Gasteiger partial charge in [0, 0.05) is 12.0 Å². The Hall–Kier alpha value is -1.06. The van der Waals surface area contributed by atoms with Crippen molar-refractivity contribution in [1.29, 1.82) is 0 Å². The summed E-state index contributed by atoms with van der Waals surface area (Å²) in [5.41, 5.74) is 0.0560. The molecule has 0 radical (unpaired) electrons. The maximum atomic E-state index is 12.6. The van der Waals surface area contributed by atoms with Gasteiger partial charge in [0.15, 0.2) is 0 Å². The van der Waals surface area contributed by atoms with Gasteiger partial charge in [0.1, 0.15) is 0 Å². The van der Waals surface area contributed by atoms with Gasteiger partial charge in [-0.25, -0.2) is 0 Å². The van der Waals surface area contributed by atoms with E-state index in [0.29, 0.717) is 5.92 Å². The standard InChI is InChI=1S/C16H25NO3/c1-16(2)7-3-4-11(16)14(18)17-13-10-6-5-9(8-10)12(13)15(19)20/h9-13H,3-8H2,1-2H3,(H,17,18)(H,19,20). The molecule has 3 aliphatic carbocycles. The third-order valence-electron chi connectivity index (χ3n) is 6.08. The zero-order valence-electron chi connectivity index (χ0n) is 12.4. The summed E-state index contributed by atoms with van der Waals surface area (Å²) in [6, 6.07) is -0.129. The minimum absolute atomic E-state index is 0.0519. The second-order valence-corrected chi connectivity index (χ2v) is 7.67. The highest BCUT2D eigenvalue weighted by atomic mass is 16.4. The smallest absolute Gasteiger partial charge is 0.308 e. The van der Waals surface area contributed by atoms with E-state index in [1.807, 2.05) is 0 Å². The van der Waals surface area contributed by atoms with Gasteiger partial charge in [0.2, 0.25) is 5.91 Å². The Labute approximate surface area is 120 Å². The third kappa shape index (κ3) is 2.13. The third-order valence-corrected chi connectivity index (χ3v) is 6.08. The van der Waals surface area contributed by atoms with Crippen molar-refractivity contribution in [2.24, 2.45) is 29.1 Å². The summed E-state index contributed by atoms with van der Waals surface area (Å²) in [6.45, 7) is 4.31. The molecule has 0 heterocycles. The van der Waals surface area contributed by atoms with Gasteiger partial charge in [-0.2, -0.15) is 0 Å². The first-order valence-electron chi connectivity index (χ1n) is 7.93. The number of hydrogen-bond acceptors (Lipinski definition) is 2. The summed E-state index contributed by atoms with van der Waals surface area (Å²) < 4.78 is 0. The lowest BCUT2D eigenvalue weighted by Gasteiger charge is -2.32. The first kappa shape index (κ1) is 13.9. The molecule has 3 saturated carbocycles. The molecule has 5 unspecified atom stereocenters. The summed E-state index contributed by atoms with van der Waals surface area (Å²) in [7, 11) is 0. The quantitative estimate of drug-likeness (QED) is 0.834. The van der Waals surface area contributed by atoms with Crippen molar-refractivity contribution in [3.8, 4) is 0 Å². The van der Waals surface area contributed by atoms with Gasteiger partial charge in [-0.15, -0.1) is 0 Å². The van der Waals surface area contributed by atoms with E-state index in [0.717, 1.165) is 38.5 Å². The first-order chi connectivity index (χ1) is 9.40. The molecule has 4 heteroatoms. The molecule has 0 spiro atoms. The number of nitrogens with one attached hydrogen (secondary N) is 1. The molecule has 0 aliphatic heterocycles. The normalized spacial score (nSPS) is 41.8. The number of hydrogen-bond donors (Lipinski definition) is 2. The molecule has 0 aromatic carbocycles. The van der Waals surface area contributed by atoms with Crippen molar-refractivity contribution in [2.45, 2.75) is 58.4 Å². The van der Waals surface area contributed by atoms with Crippen LogP contribution in [0.15, 0.2) is 0 Å². The molecule has 0 saturated heterocycles. The Kier molecular flexibility index (Phi) is 3.30. The van der Waals surface area contributed by atoms with Gasteiger partial charge in [-0.3, -0.25) is 9.59 Å². The zero-order valence-corrected chi connectivity index (χ0v) is 12.4. The molecule has 0 aromatic heterocycles. The van der Waals surface area contributed by atoms with Gasteiger partial charge >= 0.3 is 5.97 Å². The molecule has 0 aromatic rings. The number of fused-ring (bicyclic) bond motifs is 2. The van der Waals surface area contributed by atoms with E-state index in [4.69, 9.17) is 0 Å². The van der Waals surface area contributed by atoms with Crippen LogP contribution in [-0.4, -0.2) is 23.0 Å². The second kappa shape index (κ2) is 4.74. The molecule has 4 nitrogen and oxygen atoms in total. The summed E-state index contributed by atoms with van der Waals surface area (Å²) in [4.78, 5) is 24.0. The van der Waals surface area contributed by atoms with E-state index in [1.165, 1.54) is 0 Å². The minimum Gasteiger partial charge on any atom is -0.481 e. The largest absolute Gasteiger partial charge is 0.481 e. The molecule has 3 aliphatic rings. The Morgan fingerprint density at radius 1 is 1.15 bits per heavy atom. The van der Waals surface area contributed by atoms with E-state index in [-0.39, 0.29) is 35.1 Å². The number of amides is 1. The van der Waals surface area contributed by atoms with Crippen LogP contribution in [0.3, 0.4) is 0 Å². The van der Waals surface area contributed by atoms with Crippen molar-refractivity contribution in [2.75, 3.05) is 0 Å². The average Bonchev–Trinajstić information content (AvgIpc) is 3.01. The van der Waals surface area contributed by atoms with Crippen LogP contribution < -0.4 is 5.32 Å². The highest BCUT2D eigenvalue weighted by Crippen LogP contribution is 2.49. The predicted octanol–water partition coefficient (Wildman–Crippen LogP) is 2.43. The summed E-state index contributed by atoms with van der Waals surface area (Å²) in [5, 5.41) is 12.6. The molecule has 3 rings (SSSR count). The first-order valence-corrected chi connectivity index (χ1v) is 7.93. The van der Waals surface area contributed by atoms with Crippen LogP contribution in [0.2, 0.25) is 0 Å². The molecule has 20 heavy (non-hydrogen) atoms. The zero-order chi connectivity index (χ0) is 14.5. The second-order valence-electron chi connectivity index (χ2n) is 7.67. The molecule has 112 valence electrons. The van der Waals surface area contributed by atoms with Crippen molar-refractivity contribution in [3.63, 3.8) is 0 Å². The van der Waals surface area contributed by atoms with Crippen molar-refractivity contribution in [3.05, 3.63) is 0 Å². The summed E-state index contributed by atoms with van der Waals surface area (Å²) >= 11 is 0. The van der Waals surface area contributed by atoms with Gasteiger partial charge < -0.3 is 10.4 Å². The Bertz CT molecular complexity index is 431. The maximum absolute atomic E-state index is 12.6. The molecule has 1 amide bonds. The highest BCUT2D eigenvalue weighted by molar-refractivity contribution is 5.81. The average molecular weight is 279 g/mol. The van der Waals surface area contributed by atoms with E-state index in [2.05, 4.69) is 19.2 Å². The number of aliphatic carboxylic acids is 1. The van der Waals surface area contributed by atoms with E-state index in [1.54, 1.807) is 0 Å². The SMILES string of the molecule is CC1(C)CCCC1C(=O)NC1C2CCC(C2)C1C(=O)O. The fourth-order valence-corrected chi connectivity index (χ4v) is 4.93. The molecule has 2 N–H and O–H groups in total. The van der Waals surface area contributed by atoms with Crippen LogP contribution in [0.4, 0.5) is 0 Å². The van der Waals surface area contributed by atoms with E-state index < -0.39 is 5.97 Å². The predicted molar refractivity (Wildman–Crippen MR) is 75.0 cm³/mol. The summed E-state index contributed by atoms with van der Waals surface area (Å²) in [5.74, 6) is -0.281. The van der Waals surface area contributed by atoms with Crippen LogP contribution in [0.25, 0.3) is 0 Å². The van der Waals surface area contributed by atoms with Crippen LogP contribution >= 0.6 is 0 Å². The van der Waals surface area contributed by atoms with Crippen LogP contribution in [-0.2, 0) is 9.59 Å². The van der Waals surface area contributed by atoms with Crippen LogP contribution in [0, 0.1) is 29.1 Å². The lowest BCUT2D eigenvalue weighted by Crippen LogP contribution is -2.49. The topological polar surface area (TPSA) is 66.4 Å². The lowest BCUT2D eigenvalue weighted by atomic mass is 9.80.